The fourth-order valence-corrected chi connectivity index (χ4v) is 1.90. The van der Waals surface area contributed by atoms with Gasteiger partial charge in [-0.2, -0.15) is 0 Å². The minimum atomic E-state index is -0.625. The molecule has 19 heavy (non-hydrogen) atoms. The van der Waals surface area contributed by atoms with Crippen LogP contribution in [-0.4, -0.2) is 43.5 Å². The first-order valence-corrected chi connectivity index (χ1v) is 6.51. The molecule has 4 N–H and O–H groups in total. The third kappa shape index (κ3) is 7.40. The standard InChI is InChI=1S/C12H21N3O4/c13-10(16)6-14-11(17)7-15-12(18)8-19-9-4-2-1-3-5-9/h9H,1-8H2,(H2,13,16)(H,14,17)(H,15,18). The molecule has 7 heteroatoms. The lowest BCUT2D eigenvalue weighted by Crippen LogP contribution is -2.41. The second-order valence-electron chi connectivity index (χ2n) is 4.59. The van der Waals surface area contributed by atoms with Crippen LogP contribution in [0.3, 0.4) is 0 Å². The molecule has 0 radical (unpaired) electrons. The predicted octanol–water partition coefficient (Wildman–Crippen LogP) is -0.947. The molecule has 3 amide bonds. The van der Waals surface area contributed by atoms with Crippen LogP contribution in [0.5, 0.6) is 0 Å². The van der Waals surface area contributed by atoms with Gasteiger partial charge in [0.25, 0.3) is 0 Å². The highest BCUT2D eigenvalue weighted by atomic mass is 16.5. The summed E-state index contributed by atoms with van der Waals surface area (Å²) in [5.74, 6) is -1.41. The molecular formula is C12H21N3O4. The van der Waals surface area contributed by atoms with E-state index >= 15 is 0 Å². The van der Waals surface area contributed by atoms with Gasteiger partial charge in [-0.25, -0.2) is 0 Å². The molecule has 1 fully saturated rings. The molecule has 0 bridgehead atoms. The molecule has 0 heterocycles. The van der Waals surface area contributed by atoms with Gasteiger partial charge in [0.05, 0.1) is 19.2 Å². The molecule has 1 rings (SSSR count). The van der Waals surface area contributed by atoms with Crippen molar-refractivity contribution in [1.82, 2.24) is 10.6 Å². The van der Waals surface area contributed by atoms with Crippen LogP contribution in [0, 0.1) is 0 Å². The quantitative estimate of drug-likeness (QED) is 0.554. The molecule has 0 spiro atoms. The van der Waals surface area contributed by atoms with E-state index in [2.05, 4.69) is 10.6 Å². The topological polar surface area (TPSA) is 111 Å². The highest BCUT2D eigenvalue weighted by Crippen LogP contribution is 2.19. The second-order valence-corrected chi connectivity index (χ2v) is 4.59. The summed E-state index contributed by atoms with van der Waals surface area (Å²) >= 11 is 0. The van der Waals surface area contributed by atoms with Gasteiger partial charge in [-0.3, -0.25) is 14.4 Å². The van der Waals surface area contributed by atoms with Crippen LogP contribution in [-0.2, 0) is 19.1 Å². The predicted molar refractivity (Wildman–Crippen MR) is 68.0 cm³/mol. The second kappa shape index (κ2) is 8.47. The van der Waals surface area contributed by atoms with Gasteiger partial charge in [0.2, 0.25) is 17.7 Å². The molecule has 0 saturated heterocycles. The first-order chi connectivity index (χ1) is 9.08. The number of carbonyl (C=O) groups is 3. The van der Waals surface area contributed by atoms with Gasteiger partial charge in [-0.1, -0.05) is 19.3 Å². The number of hydrogen-bond acceptors (Lipinski definition) is 4. The fraction of sp³-hybridized carbons (Fsp3) is 0.750. The summed E-state index contributed by atoms with van der Waals surface area (Å²) in [6.07, 6.45) is 5.65. The summed E-state index contributed by atoms with van der Waals surface area (Å²) in [5, 5.41) is 4.69. The zero-order valence-corrected chi connectivity index (χ0v) is 10.9. The van der Waals surface area contributed by atoms with Crippen LogP contribution in [0.15, 0.2) is 0 Å². The van der Waals surface area contributed by atoms with Gasteiger partial charge in [0.15, 0.2) is 0 Å². The van der Waals surface area contributed by atoms with E-state index in [9.17, 15) is 14.4 Å². The molecule has 0 aromatic rings. The van der Waals surface area contributed by atoms with Gasteiger partial charge in [-0.05, 0) is 12.8 Å². The van der Waals surface area contributed by atoms with Crippen LogP contribution in [0.2, 0.25) is 0 Å². The van der Waals surface area contributed by atoms with E-state index in [4.69, 9.17) is 10.5 Å². The van der Waals surface area contributed by atoms with Crippen LogP contribution in [0.4, 0.5) is 0 Å². The van der Waals surface area contributed by atoms with Crippen molar-refractivity contribution in [2.75, 3.05) is 19.7 Å². The summed E-state index contributed by atoms with van der Waals surface area (Å²) < 4.78 is 5.46. The lowest BCUT2D eigenvalue weighted by molar-refractivity contribution is -0.131. The number of rotatable bonds is 7. The Morgan fingerprint density at radius 2 is 1.63 bits per heavy atom. The molecule has 1 saturated carbocycles. The number of ether oxygens (including phenoxy) is 1. The van der Waals surface area contributed by atoms with Crippen molar-refractivity contribution in [2.45, 2.75) is 38.2 Å². The number of amides is 3. The first kappa shape index (κ1) is 15.4. The Morgan fingerprint density at radius 3 is 2.26 bits per heavy atom. The Bertz CT molecular complexity index is 327. The normalized spacial score (nSPS) is 15.8. The third-order valence-electron chi connectivity index (χ3n) is 2.91. The van der Waals surface area contributed by atoms with Crippen LogP contribution >= 0.6 is 0 Å². The molecule has 1 aliphatic rings. The largest absolute Gasteiger partial charge is 0.368 e. The van der Waals surface area contributed by atoms with Gasteiger partial charge in [0.1, 0.15) is 6.61 Å². The minimum Gasteiger partial charge on any atom is -0.368 e. The number of primary amides is 1. The van der Waals surface area contributed by atoms with E-state index in [0.29, 0.717) is 0 Å². The third-order valence-corrected chi connectivity index (χ3v) is 2.91. The summed E-state index contributed by atoms with van der Waals surface area (Å²) in [6, 6.07) is 0. The van der Waals surface area contributed by atoms with Crippen molar-refractivity contribution in [3.05, 3.63) is 0 Å². The van der Waals surface area contributed by atoms with Crippen molar-refractivity contribution < 1.29 is 19.1 Å². The number of carbonyl (C=O) groups excluding carboxylic acids is 3. The summed E-state index contributed by atoms with van der Waals surface area (Å²) in [4.78, 5) is 33.0. The van der Waals surface area contributed by atoms with Crippen LogP contribution < -0.4 is 16.4 Å². The zero-order valence-electron chi connectivity index (χ0n) is 10.9. The molecule has 7 nitrogen and oxygen atoms in total. The highest BCUT2D eigenvalue weighted by Gasteiger charge is 2.15. The highest BCUT2D eigenvalue weighted by molar-refractivity contribution is 5.87. The molecule has 0 atom stereocenters. The Labute approximate surface area is 112 Å². The maximum Gasteiger partial charge on any atom is 0.246 e. The molecule has 0 aromatic carbocycles. The van der Waals surface area contributed by atoms with Crippen molar-refractivity contribution in [3.8, 4) is 0 Å². The monoisotopic (exact) mass is 271 g/mol. The maximum absolute atomic E-state index is 11.4. The SMILES string of the molecule is NC(=O)CNC(=O)CNC(=O)COC1CCCCC1. The van der Waals surface area contributed by atoms with Crippen LogP contribution in [0.25, 0.3) is 0 Å². The average Bonchev–Trinajstić information content (AvgIpc) is 2.41. The Hall–Kier alpha value is -1.63. The van der Waals surface area contributed by atoms with E-state index in [-0.39, 0.29) is 31.7 Å². The number of nitrogens with two attached hydrogens (primary N) is 1. The van der Waals surface area contributed by atoms with E-state index in [1.54, 1.807) is 0 Å². The van der Waals surface area contributed by atoms with E-state index in [1.165, 1.54) is 6.42 Å². The van der Waals surface area contributed by atoms with Crippen LogP contribution in [0.1, 0.15) is 32.1 Å². The molecule has 0 unspecified atom stereocenters. The Kier molecular flexibility index (Phi) is 6.88. The lowest BCUT2D eigenvalue weighted by atomic mass is 9.98. The Morgan fingerprint density at radius 1 is 1.00 bits per heavy atom. The minimum absolute atomic E-state index is 0.0340. The number of nitrogens with one attached hydrogen (secondary N) is 2. The van der Waals surface area contributed by atoms with Crippen molar-refractivity contribution in [3.63, 3.8) is 0 Å². The molecule has 0 aliphatic heterocycles. The molecule has 0 aromatic heterocycles. The average molecular weight is 271 g/mol. The first-order valence-electron chi connectivity index (χ1n) is 6.51. The van der Waals surface area contributed by atoms with E-state index in [0.717, 1.165) is 25.7 Å². The smallest absolute Gasteiger partial charge is 0.246 e. The van der Waals surface area contributed by atoms with Gasteiger partial charge >= 0.3 is 0 Å². The van der Waals surface area contributed by atoms with Gasteiger partial charge in [-0.15, -0.1) is 0 Å². The van der Waals surface area contributed by atoms with Gasteiger partial charge < -0.3 is 21.1 Å². The Balaban J connectivity index is 2.06. The number of hydrogen-bond donors (Lipinski definition) is 3. The van der Waals surface area contributed by atoms with Crippen molar-refractivity contribution >= 4 is 17.7 Å². The van der Waals surface area contributed by atoms with Crippen molar-refractivity contribution in [2.24, 2.45) is 5.73 Å². The van der Waals surface area contributed by atoms with Gasteiger partial charge in [0, 0.05) is 0 Å². The maximum atomic E-state index is 11.4. The summed E-state index contributed by atoms with van der Waals surface area (Å²) in [7, 11) is 0. The fourth-order valence-electron chi connectivity index (χ4n) is 1.90. The lowest BCUT2D eigenvalue weighted by Gasteiger charge is -2.21. The van der Waals surface area contributed by atoms with E-state index < -0.39 is 11.8 Å². The van der Waals surface area contributed by atoms with E-state index in [1.807, 2.05) is 0 Å². The zero-order chi connectivity index (χ0) is 14.1. The summed E-state index contributed by atoms with van der Waals surface area (Å²) in [6.45, 7) is -0.443. The molecule has 108 valence electrons. The molecular weight excluding hydrogens is 250 g/mol. The molecule has 1 aliphatic carbocycles. The summed E-state index contributed by atoms with van der Waals surface area (Å²) in [5.41, 5.74) is 4.87. The van der Waals surface area contributed by atoms with Crippen molar-refractivity contribution in [1.29, 1.82) is 0 Å².